The summed E-state index contributed by atoms with van der Waals surface area (Å²) in [6.45, 7) is 0.931. The fourth-order valence-corrected chi connectivity index (χ4v) is 2.29. The van der Waals surface area contributed by atoms with Crippen LogP contribution in [0, 0.1) is 5.82 Å². The van der Waals surface area contributed by atoms with E-state index >= 15 is 0 Å². The number of carbonyl (C=O) groups excluding carboxylic acids is 3. The Balaban J connectivity index is 1.89. The van der Waals surface area contributed by atoms with Gasteiger partial charge in [0.05, 0.1) is 13.7 Å². The Labute approximate surface area is 162 Å². The number of anilines is 1. The van der Waals surface area contributed by atoms with Crippen LogP contribution in [0.3, 0.4) is 0 Å². The zero-order valence-electron chi connectivity index (χ0n) is 15.8. The van der Waals surface area contributed by atoms with E-state index in [1.165, 1.54) is 56.3 Å². The Morgan fingerprint density at radius 3 is 2.36 bits per heavy atom. The van der Waals surface area contributed by atoms with Crippen LogP contribution in [0.4, 0.5) is 10.1 Å². The molecule has 1 N–H and O–H groups in total. The van der Waals surface area contributed by atoms with Crippen molar-refractivity contribution < 1.29 is 28.2 Å². The van der Waals surface area contributed by atoms with E-state index in [-0.39, 0.29) is 18.9 Å². The molecule has 2 aromatic carbocycles. The van der Waals surface area contributed by atoms with Crippen LogP contribution in [-0.2, 0) is 9.59 Å². The van der Waals surface area contributed by atoms with Gasteiger partial charge in [-0.25, -0.2) is 4.39 Å². The van der Waals surface area contributed by atoms with Crippen molar-refractivity contribution in [2.24, 2.45) is 0 Å². The molecule has 2 amide bonds. The second-order valence-corrected chi connectivity index (χ2v) is 6.02. The van der Waals surface area contributed by atoms with Crippen molar-refractivity contribution in [1.29, 1.82) is 0 Å². The van der Waals surface area contributed by atoms with Gasteiger partial charge in [0, 0.05) is 18.3 Å². The summed E-state index contributed by atoms with van der Waals surface area (Å²) in [5.41, 5.74) is 0.893. The third-order valence-corrected chi connectivity index (χ3v) is 3.86. The predicted octanol–water partition coefficient (Wildman–Crippen LogP) is 2.51. The lowest BCUT2D eigenvalue weighted by atomic mass is 10.1. The highest BCUT2D eigenvalue weighted by Gasteiger charge is 2.15. The molecule has 2 rings (SSSR count). The number of halogens is 1. The van der Waals surface area contributed by atoms with E-state index in [1.54, 1.807) is 12.1 Å². The van der Waals surface area contributed by atoms with E-state index in [1.807, 2.05) is 0 Å². The minimum Gasteiger partial charge on any atom is -0.493 e. The largest absolute Gasteiger partial charge is 0.493 e. The first-order chi connectivity index (χ1) is 13.3. The molecule has 0 aliphatic heterocycles. The van der Waals surface area contributed by atoms with Crippen molar-refractivity contribution in [3.05, 3.63) is 53.8 Å². The molecule has 0 saturated carbocycles. The number of hydrogen-bond donors (Lipinski definition) is 1. The molecule has 0 aliphatic carbocycles. The lowest BCUT2D eigenvalue weighted by Gasteiger charge is -2.18. The van der Waals surface area contributed by atoms with Gasteiger partial charge >= 0.3 is 0 Å². The van der Waals surface area contributed by atoms with Gasteiger partial charge in [0.15, 0.2) is 23.9 Å². The molecule has 0 aliphatic rings. The van der Waals surface area contributed by atoms with E-state index in [9.17, 15) is 18.8 Å². The summed E-state index contributed by atoms with van der Waals surface area (Å²) in [6, 6.07) is 9.95. The van der Waals surface area contributed by atoms with Crippen molar-refractivity contribution in [2.75, 3.05) is 32.6 Å². The molecular formula is C20H21FN2O5. The van der Waals surface area contributed by atoms with E-state index < -0.39 is 17.6 Å². The normalized spacial score (nSPS) is 10.1. The Morgan fingerprint density at radius 2 is 1.75 bits per heavy atom. The number of nitrogens with one attached hydrogen (secondary N) is 1. The molecular weight excluding hydrogens is 367 g/mol. The average Bonchev–Trinajstić information content (AvgIpc) is 2.67. The lowest BCUT2D eigenvalue weighted by Crippen LogP contribution is -2.37. The van der Waals surface area contributed by atoms with Gasteiger partial charge in [0.2, 0.25) is 5.91 Å². The summed E-state index contributed by atoms with van der Waals surface area (Å²) in [6.07, 6.45) is 0. The van der Waals surface area contributed by atoms with Gasteiger partial charge in [0.25, 0.3) is 5.91 Å². The van der Waals surface area contributed by atoms with Crippen molar-refractivity contribution >= 4 is 23.3 Å². The second kappa shape index (κ2) is 9.50. The zero-order valence-corrected chi connectivity index (χ0v) is 15.8. The Hall–Kier alpha value is -3.42. The molecule has 7 nitrogen and oxygen atoms in total. The number of rotatable bonds is 8. The first-order valence-corrected chi connectivity index (χ1v) is 8.41. The maximum absolute atomic E-state index is 12.9. The van der Waals surface area contributed by atoms with Crippen LogP contribution >= 0.6 is 0 Å². The van der Waals surface area contributed by atoms with Gasteiger partial charge in [-0.15, -0.1) is 0 Å². The zero-order chi connectivity index (χ0) is 20.7. The molecule has 0 fully saturated rings. The number of hydrogen-bond acceptors (Lipinski definition) is 5. The summed E-state index contributed by atoms with van der Waals surface area (Å²) >= 11 is 0. The number of methoxy groups -OCH3 is 1. The monoisotopic (exact) mass is 388 g/mol. The van der Waals surface area contributed by atoms with Gasteiger partial charge in [-0.3, -0.25) is 14.4 Å². The van der Waals surface area contributed by atoms with Crippen molar-refractivity contribution in [3.63, 3.8) is 0 Å². The van der Waals surface area contributed by atoms with Crippen molar-refractivity contribution in [2.45, 2.75) is 6.92 Å². The van der Waals surface area contributed by atoms with Crippen LogP contribution < -0.4 is 14.8 Å². The van der Waals surface area contributed by atoms with Crippen molar-refractivity contribution in [1.82, 2.24) is 4.90 Å². The molecule has 148 valence electrons. The first kappa shape index (κ1) is 20.9. The first-order valence-electron chi connectivity index (χ1n) is 8.41. The molecule has 8 heteroatoms. The molecule has 0 aromatic heterocycles. The minimum absolute atomic E-state index is 0.118. The van der Waals surface area contributed by atoms with E-state index in [2.05, 4.69) is 5.32 Å². The average molecular weight is 388 g/mol. The van der Waals surface area contributed by atoms with Crippen LogP contribution in [0.15, 0.2) is 42.5 Å². The standard InChI is InChI=1S/C20H21FN2O5/c1-13(24)14-4-9-17(18(10-14)27-3)28-12-20(26)23(2)11-19(25)22-16-7-5-15(21)6-8-16/h4-10H,11-12H2,1-3H3,(H,22,25). The molecule has 0 atom stereocenters. The summed E-state index contributed by atoms with van der Waals surface area (Å²) in [7, 11) is 2.89. The number of ketones is 1. The van der Waals surface area contributed by atoms with Crippen LogP contribution in [0.2, 0.25) is 0 Å². The molecule has 0 bridgehead atoms. The number of carbonyl (C=O) groups is 3. The van der Waals surface area contributed by atoms with E-state index in [0.717, 1.165) is 0 Å². The van der Waals surface area contributed by atoms with Crippen LogP contribution in [0.1, 0.15) is 17.3 Å². The summed E-state index contributed by atoms with van der Waals surface area (Å²) in [5.74, 6) is -0.734. The van der Waals surface area contributed by atoms with Gasteiger partial charge < -0.3 is 19.7 Å². The molecule has 0 spiro atoms. The number of nitrogens with zero attached hydrogens (tertiary/aromatic N) is 1. The van der Waals surface area contributed by atoms with Gasteiger partial charge in [0.1, 0.15) is 5.82 Å². The highest BCUT2D eigenvalue weighted by molar-refractivity contribution is 5.95. The maximum Gasteiger partial charge on any atom is 0.260 e. The highest BCUT2D eigenvalue weighted by Crippen LogP contribution is 2.28. The molecule has 0 heterocycles. The third kappa shape index (κ3) is 5.80. The van der Waals surface area contributed by atoms with E-state index in [0.29, 0.717) is 22.7 Å². The highest BCUT2D eigenvalue weighted by atomic mass is 19.1. The lowest BCUT2D eigenvalue weighted by molar-refractivity contribution is -0.135. The minimum atomic E-state index is -0.425. The fraction of sp³-hybridized carbons (Fsp3) is 0.250. The second-order valence-electron chi connectivity index (χ2n) is 6.02. The topological polar surface area (TPSA) is 84.9 Å². The van der Waals surface area contributed by atoms with Crippen LogP contribution in [-0.4, -0.2) is 49.8 Å². The number of amides is 2. The number of ether oxygens (including phenoxy) is 2. The molecule has 0 radical (unpaired) electrons. The van der Waals surface area contributed by atoms with Crippen LogP contribution in [0.25, 0.3) is 0 Å². The Morgan fingerprint density at radius 1 is 1.07 bits per heavy atom. The summed E-state index contributed by atoms with van der Waals surface area (Å²) in [4.78, 5) is 36.8. The predicted molar refractivity (Wildman–Crippen MR) is 101 cm³/mol. The SMILES string of the molecule is COc1cc(C(C)=O)ccc1OCC(=O)N(C)CC(=O)Nc1ccc(F)cc1. The van der Waals surface area contributed by atoms with Crippen LogP contribution in [0.5, 0.6) is 11.5 Å². The molecule has 0 unspecified atom stereocenters. The maximum atomic E-state index is 12.9. The molecule has 2 aromatic rings. The Kier molecular flexibility index (Phi) is 7.08. The smallest absolute Gasteiger partial charge is 0.260 e. The molecule has 28 heavy (non-hydrogen) atoms. The quantitative estimate of drug-likeness (QED) is 0.703. The molecule has 0 saturated heterocycles. The Bertz CT molecular complexity index is 867. The van der Waals surface area contributed by atoms with E-state index in [4.69, 9.17) is 9.47 Å². The number of Topliss-reactive ketones (excluding diaryl/α,β-unsaturated/α-hetero) is 1. The summed E-state index contributed by atoms with van der Waals surface area (Å²) in [5, 5.41) is 2.57. The van der Waals surface area contributed by atoms with Gasteiger partial charge in [-0.2, -0.15) is 0 Å². The third-order valence-electron chi connectivity index (χ3n) is 3.86. The summed E-state index contributed by atoms with van der Waals surface area (Å²) < 4.78 is 23.5. The number of likely N-dealkylation sites (N-methyl/N-ethyl adjacent to an activating group) is 1. The number of benzene rings is 2. The van der Waals surface area contributed by atoms with Crippen molar-refractivity contribution in [3.8, 4) is 11.5 Å². The van der Waals surface area contributed by atoms with Gasteiger partial charge in [-0.05, 0) is 49.4 Å². The van der Waals surface area contributed by atoms with Gasteiger partial charge in [-0.1, -0.05) is 0 Å². The fourth-order valence-electron chi connectivity index (χ4n) is 2.29.